The highest BCUT2D eigenvalue weighted by molar-refractivity contribution is 5.86. The van der Waals surface area contributed by atoms with Crippen LogP contribution >= 0.6 is 0 Å². The van der Waals surface area contributed by atoms with E-state index in [0.717, 1.165) is 18.7 Å². The van der Waals surface area contributed by atoms with Crippen molar-refractivity contribution < 1.29 is 19.1 Å². The number of aliphatic hydroxyl groups is 1. The van der Waals surface area contributed by atoms with E-state index in [0.29, 0.717) is 18.4 Å². The fraction of sp³-hybridized carbons (Fsp3) is 0.667. The highest BCUT2D eigenvalue weighted by Gasteiger charge is 2.24. The van der Waals surface area contributed by atoms with Crippen molar-refractivity contribution in [2.45, 2.75) is 32.2 Å². The molecule has 0 amide bonds. The Bertz CT molecular complexity index is 429. The van der Waals surface area contributed by atoms with Crippen molar-refractivity contribution >= 4 is 5.97 Å². The summed E-state index contributed by atoms with van der Waals surface area (Å²) < 4.78 is 9.99. The Morgan fingerprint density at radius 1 is 1.40 bits per heavy atom. The number of hydrogen-bond donors (Lipinski definition) is 2. The quantitative estimate of drug-likeness (QED) is 0.780. The zero-order valence-electron chi connectivity index (χ0n) is 11.9. The molecule has 1 aromatic heterocycles. The van der Waals surface area contributed by atoms with Crippen molar-refractivity contribution in [3.63, 3.8) is 0 Å². The molecule has 0 radical (unpaired) electrons. The van der Waals surface area contributed by atoms with E-state index >= 15 is 0 Å². The van der Waals surface area contributed by atoms with Crippen molar-refractivity contribution in [2.24, 2.45) is 11.8 Å². The van der Waals surface area contributed by atoms with Crippen molar-refractivity contribution in [1.29, 1.82) is 0 Å². The summed E-state index contributed by atoms with van der Waals surface area (Å²) in [7, 11) is 1.33. The Morgan fingerprint density at radius 3 is 2.85 bits per heavy atom. The van der Waals surface area contributed by atoms with E-state index in [4.69, 9.17) is 4.42 Å². The van der Waals surface area contributed by atoms with Gasteiger partial charge >= 0.3 is 5.97 Å². The number of carbonyl (C=O) groups is 1. The third-order valence-electron chi connectivity index (χ3n) is 4.05. The summed E-state index contributed by atoms with van der Waals surface area (Å²) in [5.74, 6) is 1.45. The number of carbonyl (C=O) groups excluding carboxylic acids is 1. The van der Waals surface area contributed by atoms with Crippen LogP contribution in [0.25, 0.3) is 0 Å². The summed E-state index contributed by atoms with van der Waals surface area (Å²) in [6, 6.07) is 3.41. The lowest BCUT2D eigenvalue weighted by Gasteiger charge is -2.30. The molecule has 5 heteroatoms. The number of methoxy groups -OCH3 is 1. The molecule has 2 atom stereocenters. The number of ether oxygens (including phenoxy) is 1. The van der Waals surface area contributed by atoms with Gasteiger partial charge in [0.05, 0.1) is 13.7 Å². The van der Waals surface area contributed by atoms with Gasteiger partial charge in [0, 0.05) is 6.61 Å². The molecule has 0 aromatic carbocycles. The molecule has 112 valence electrons. The first-order chi connectivity index (χ1) is 9.74. The monoisotopic (exact) mass is 281 g/mol. The van der Waals surface area contributed by atoms with Gasteiger partial charge in [0.25, 0.3) is 0 Å². The second kappa shape index (κ2) is 7.45. The minimum Gasteiger partial charge on any atom is -0.463 e. The molecule has 0 spiro atoms. The molecule has 5 nitrogen and oxygen atoms in total. The standard InChI is InChI=1S/C15H23NO4/c1-19-15(18)14-7-6-13(20-14)9-16-8-11-4-2-3-5-12(11)10-17/h6-7,11-12,16-17H,2-5,8-10H2,1H3. The summed E-state index contributed by atoms with van der Waals surface area (Å²) >= 11 is 0. The van der Waals surface area contributed by atoms with Crippen molar-refractivity contribution in [1.82, 2.24) is 5.32 Å². The fourth-order valence-electron chi connectivity index (χ4n) is 2.86. The molecule has 1 heterocycles. The van der Waals surface area contributed by atoms with Gasteiger partial charge in [0.2, 0.25) is 5.76 Å². The molecule has 2 unspecified atom stereocenters. The second-order valence-corrected chi connectivity index (χ2v) is 5.38. The minimum absolute atomic E-state index is 0.232. The number of hydrogen-bond acceptors (Lipinski definition) is 5. The highest BCUT2D eigenvalue weighted by Crippen LogP contribution is 2.29. The highest BCUT2D eigenvalue weighted by atomic mass is 16.5. The Balaban J connectivity index is 1.77. The van der Waals surface area contributed by atoms with E-state index in [1.54, 1.807) is 12.1 Å². The third kappa shape index (κ3) is 3.84. The van der Waals surface area contributed by atoms with Gasteiger partial charge in [-0.25, -0.2) is 4.79 Å². The van der Waals surface area contributed by atoms with Gasteiger partial charge in [0.15, 0.2) is 0 Å². The molecule has 20 heavy (non-hydrogen) atoms. The molecular weight excluding hydrogens is 258 g/mol. The topological polar surface area (TPSA) is 71.7 Å². The Morgan fingerprint density at radius 2 is 2.15 bits per heavy atom. The zero-order chi connectivity index (χ0) is 14.4. The first-order valence-electron chi connectivity index (χ1n) is 7.23. The van der Waals surface area contributed by atoms with Gasteiger partial charge in [-0.05, 0) is 43.4 Å². The van der Waals surface area contributed by atoms with Crippen molar-refractivity contribution in [2.75, 3.05) is 20.3 Å². The van der Waals surface area contributed by atoms with E-state index in [1.165, 1.54) is 26.4 Å². The average Bonchev–Trinajstić information content (AvgIpc) is 2.96. The molecule has 0 aliphatic heterocycles. The summed E-state index contributed by atoms with van der Waals surface area (Å²) in [5.41, 5.74) is 0. The van der Waals surface area contributed by atoms with Gasteiger partial charge in [-0.2, -0.15) is 0 Å². The SMILES string of the molecule is COC(=O)c1ccc(CNCC2CCCCC2CO)o1. The number of furan rings is 1. The largest absolute Gasteiger partial charge is 0.463 e. The van der Waals surface area contributed by atoms with Gasteiger partial charge in [0.1, 0.15) is 5.76 Å². The van der Waals surface area contributed by atoms with Gasteiger partial charge < -0.3 is 19.6 Å². The molecule has 2 rings (SSSR count). The summed E-state index contributed by atoms with van der Waals surface area (Å²) in [6.45, 7) is 1.74. The average molecular weight is 281 g/mol. The van der Waals surface area contributed by atoms with Crippen molar-refractivity contribution in [3.05, 3.63) is 23.7 Å². The van der Waals surface area contributed by atoms with E-state index in [9.17, 15) is 9.90 Å². The lowest BCUT2D eigenvalue weighted by Crippen LogP contribution is -2.32. The maximum absolute atomic E-state index is 11.3. The first kappa shape index (κ1) is 15.1. The number of rotatable bonds is 6. The molecule has 1 saturated carbocycles. The molecule has 1 aliphatic carbocycles. The van der Waals surface area contributed by atoms with Crippen LogP contribution in [-0.2, 0) is 11.3 Å². The molecule has 1 aromatic rings. The molecule has 0 bridgehead atoms. The molecule has 1 aliphatic rings. The van der Waals surface area contributed by atoms with E-state index < -0.39 is 5.97 Å². The molecule has 2 N–H and O–H groups in total. The maximum Gasteiger partial charge on any atom is 0.373 e. The van der Waals surface area contributed by atoms with Crippen LogP contribution in [0.4, 0.5) is 0 Å². The number of aliphatic hydroxyl groups excluding tert-OH is 1. The Labute approximate surface area is 119 Å². The van der Waals surface area contributed by atoms with E-state index in [-0.39, 0.29) is 12.4 Å². The zero-order valence-corrected chi connectivity index (χ0v) is 11.9. The summed E-state index contributed by atoms with van der Waals surface area (Å²) in [4.78, 5) is 11.3. The van der Waals surface area contributed by atoms with Crippen LogP contribution in [0.3, 0.4) is 0 Å². The lowest BCUT2D eigenvalue weighted by molar-refractivity contribution is 0.0562. The normalized spacial score (nSPS) is 22.7. The van der Waals surface area contributed by atoms with Crippen molar-refractivity contribution in [3.8, 4) is 0 Å². The predicted octanol–water partition coefficient (Wildman–Crippen LogP) is 1.95. The van der Waals surface area contributed by atoms with Gasteiger partial charge in [-0.1, -0.05) is 12.8 Å². The Hall–Kier alpha value is -1.33. The number of esters is 1. The maximum atomic E-state index is 11.3. The lowest BCUT2D eigenvalue weighted by atomic mass is 9.79. The fourth-order valence-corrected chi connectivity index (χ4v) is 2.86. The van der Waals surface area contributed by atoms with Gasteiger partial charge in [-0.15, -0.1) is 0 Å². The first-order valence-corrected chi connectivity index (χ1v) is 7.23. The van der Waals surface area contributed by atoms with Crippen LogP contribution in [0.1, 0.15) is 42.0 Å². The molecular formula is C15H23NO4. The third-order valence-corrected chi connectivity index (χ3v) is 4.05. The minimum atomic E-state index is -0.455. The van der Waals surface area contributed by atoms with E-state index in [2.05, 4.69) is 10.1 Å². The summed E-state index contributed by atoms with van der Waals surface area (Å²) in [5, 5.41) is 12.7. The van der Waals surface area contributed by atoms with E-state index in [1.807, 2.05) is 0 Å². The molecule has 1 fully saturated rings. The van der Waals surface area contributed by atoms with Crippen LogP contribution in [-0.4, -0.2) is 31.3 Å². The molecule has 0 saturated heterocycles. The summed E-state index contributed by atoms with van der Waals surface area (Å²) in [6.07, 6.45) is 4.76. The smallest absolute Gasteiger partial charge is 0.373 e. The van der Waals surface area contributed by atoms with Crippen LogP contribution in [0, 0.1) is 11.8 Å². The second-order valence-electron chi connectivity index (χ2n) is 5.38. The van der Waals surface area contributed by atoms with Crippen LogP contribution in [0.5, 0.6) is 0 Å². The van der Waals surface area contributed by atoms with Crippen LogP contribution in [0.15, 0.2) is 16.5 Å². The van der Waals surface area contributed by atoms with Crippen LogP contribution < -0.4 is 5.32 Å². The van der Waals surface area contributed by atoms with Crippen LogP contribution in [0.2, 0.25) is 0 Å². The Kier molecular flexibility index (Phi) is 5.61. The van der Waals surface area contributed by atoms with Gasteiger partial charge in [-0.3, -0.25) is 0 Å². The predicted molar refractivity (Wildman–Crippen MR) is 74.3 cm³/mol. The number of nitrogens with one attached hydrogen (secondary N) is 1.